The Morgan fingerprint density at radius 1 is 1.40 bits per heavy atom. The molecule has 0 bridgehead atoms. The third-order valence-corrected chi connectivity index (χ3v) is 3.43. The molecule has 0 aromatic heterocycles. The van der Waals surface area contributed by atoms with Crippen LogP contribution in [0.3, 0.4) is 0 Å². The molecule has 0 saturated carbocycles. The first-order valence-electron chi connectivity index (χ1n) is 3.59. The molecule has 0 fully saturated rings. The Morgan fingerprint density at radius 3 is 2.20 bits per heavy atom. The Hall–Kier alpha value is 0.530. The number of rotatable bonds is 4. The largest absolute Gasteiger partial charge is 0.306 e. The lowest BCUT2D eigenvalue weighted by Crippen LogP contribution is -2.24. The van der Waals surface area contributed by atoms with Gasteiger partial charge in [0.1, 0.15) is 0 Å². The normalized spacial score (nSPS) is 15.2. The summed E-state index contributed by atoms with van der Waals surface area (Å²) in [6.45, 7) is 8.33. The van der Waals surface area contributed by atoms with Crippen molar-refractivity contribution in [3.63, 3.8) is 0 Å². The van der Waals surface area contributed by atoms with E-state index in [1.807, 2.05) is 0 Å². The van der Waals surface area contributed by atoms with Crippen molar-refractivity contribution >= 4 is 20.9 Å². The van der Waals surface area contributed by atoms with Gasteiger partial charge >= 0.3 is 0 Å². The lowest BCUT2D eigenvalue weighted by molar-refractivity contribution is 0.133. The predicted octanol–water partition coefficient (Wildman–Crippen LogP) is 2.21. The van der Waals surface area contributed by atoms with Gasteiger partial charge in [-0.25, -0.2) is 0 Å². The van der Waals surface area contributed by atoms with Crippen LogP contribution in [0, 0.1) is 0 Å². The molecule has 62 valence electrons. The van der Waals surface area contributed by atoms with Gasteiger partial charge in [-0.05, 0) is 31.5 Å². The molecule has 0 amide bonds. The summed E-state index contributed by atoms with van der Waals surface area (Å²) in [6, 6.07) is 0. The summed E-state index contributed by atoms with van der Waals surface area (Å²) in [5, 5.41) is 0. The van der Waals surface area contributed by atoms with Crippen molar-refractivity contribution < 1.29 is 4.18 Å². The maximum absolute atomic E-state index is 5.58. The van der Waals surface area contributed by atoms with Gasteiger partial charge in [0.05, 0.1) is 5.60 Å². The highest BCUT2D eigenvalue weighted by Crippen LogP contribution is 2.15. The van der Waals surface area contributed by atoms with Gasteiger partial charge in [-0.1, -0.05) is 13.8 Å². The van der Waals surface area contributed by atoms with E-state index in [1.165, 1.54) is 0 Å². The second-order valence-corrected chi connectivity index (χ2v) is 5.26. The second kappa shape index (κ2) is 4.42. The van der Waals surface area contributed by atoms with Crippen LogP contribution in [0.5, 0.6) is 0 Å². The van der Waals surface area contributed by atoms with E-state index in [9.17, 15) is 0 Å². The maximum Gasteiger partial charge on any atom is 0.0773 e. The number of hydrogen-bond acceptors (Lipinski definition) is 2. The van der Waals surface area contributed by atoms with Crippen LogP contribution in [0.25, 0.3) is 0 Å². The second-order valence-electron chi connectivity index (χ2n) is 2.79. The van der Waals surface area contributed by atoms with Gasteiger partial charge in [0.15, 0.2) is 0 Å². The molecule has 1 nitrogen and oxygen atoms in total. The first kappa shape index (κ1) is 10.5. The van der Waals surface area contributed by atoms with E-state index in [-0.39, 0.29) is 15.3 Å². The minimum atomic E-state index is -0.263. The fraction of sp³-hybridized carbons (Fsp3) is 1.00. The molecule has 0 aliphatic rings. The standard InChI is InChI=1S/C7H16OS2/c1-5-7(3,4)8-10(9)6-2/h5-6H2,1-4H3. The summed E-state index contributed by atoms with van der Waals surface area (Å²) < 4.78 is 5.58. The molecule has 0 spiro atoms. The van der Waals surface area contributed by atoms with Gasteiger partial charge in [0.25, 0.3) is 0 Å². The SMILES string of the molecule is CCS(=S)OC(C)(C)CC. The molecule has 0 radical (unpaired) electrons. The van der Waals surface area contributed by atoms with Crippen molar-refractivity contribution in [2.75, 3.05) is 5.75 Å². The molecule has 0 aromatic carbocycles. The first-order valence-corrected chi connectivity index (χ1v) is 5.84. The Labute approximate surface area is 71.0 Å². The highest BCUT2D eigenvalue weighted by molar-refractivity contribution is 8.26. The van der Waals surface area contributed by atoms with Crippen LogP contribution in [-0.4, -0.2) is 11.4 Å². The third-order valence-electron chi connectivity index (χ3n) is 1.41. The van der Waals surface area contributed by atoms with Gasteiger partial charge in [0, 0.05) is 15.5 Å². The molecule has 0 aliphatic heterocycles. The van der Waals surface area contributed by atoms with E-state index >= 15 is 0 Å². The summed E-state index contributed by atoms with van der Waals surface area (Å²) in [5.74, 6) is 0.943. The molecular formula is C7H16OS2. The quantitative estimate of drug-likeness (QED) is 0.656. The molecule has 0 N–H and O–H groups in total. The van der Waals surface area contributed by atoms with E-state index in [4.69, 9.17) is 15.4 Å². The molecule has 0 aromatic rings. The van der Waals surface area contributed by atoms with Crippen molar-refractivity contribution in [1.82, 2.24) is 0 Å². The van der Waals surface area contributed by atoms with E-state index in [2.05, 4.69) is 27.7 Å². The molecule has 3 heteroatoms. The van der Waals surface area contributed by atoms with E-state index in [1.54, 1.807) is 0 Å². The van der Waals surface area contributed by atoms with Crippen molar-refractivity contribution in [1.29, 1.82) is 0 Å². The summed E-state index contributed by atoms with van der Waals surface area (Å²) in [7, 11) is -0.263. The van der Waals surface area contributed by atoms with Crippen LogP contribution in [0.15, 0.2) is 0 Å². The summed E-state index contributed by atoms with van der Waals surface area (Å²) in [4.78, 5) is 0. The average molecular weight is 180 g/mol. The first-order chi connectivity index (χ1) is 4.52. The minimum Gasteiger partial charge on any atom is -0.306 e. The van der Waals surface area contributed by atoms with Crippen molar-refractivity contribution in [2.24, 2.45) is 0 Å². The lowest BCUT2D eigenvalue weighted by Gasteiger charge is -2.22. The van der Waals surface area contributed by atoms with E-state index in [0.717, 1.165) is 12.2 Å². The topological polar surface area (TPSA) is 9.23 Å². The lowest BCUT2D eigenvalue weighted by atomic mass is 10.1. The molecule has 0 rings (SSSR count). The van der Waals surface area contributed by atoms with Gasteiger partial charge in [0.2, 0.25) is 0 Å². The van der Waals surface area contributed by atoms with Gasteiger partial charge in [-0.15, -0.1) is 0 Å². The highest BCUT2D eigenvalue weighted by Gasteiger charge is 2.16. The van der Waals surface area contributed by atoms with Crippen LogP contribution in [0.1, 0.15) is 34.1 Å². The Kier molecular flexibility index (Phi) is 4.65. The fourth-order valence-electron chi connectivity index (χ4n) is 0.369. The van der Waals surface area contributed by atoms with Gasteiger partial charge in [-0.3, -0.25) is 0 Å². The average Bonchev–Trinajstić information content (AvgIpc) is 1.87. The summed E-state index contributed by atoms with van der Waals surface area (Å²) in [5.41, 5.74) is -0.0269. The van der Waals surface area contributed by atoms with E-state index in [0.29, 0.717) is 0 Å². The molecule has 0 heterocycles. The molecule has 1 atom stereocenters. The zero-order valence-electron chi connectivity index (χ0n) is 7.14. The molecule has 10 heavy (non-hydrogen) atoms. The van der Waals surface area contributed by atoms with Crippen molar-refractivity contribution in [2.45, 2.75) is 39.7 Å². The van der Waals surface area contributed by atoms with E-state index < -0.39 is 0 Å². The van der Waals surface area contributed by atoms with Crippen LogP contribution < -0.4 is 0 Å². The highest BCUT2D eigenvalue weighted by atomic mass is 32.8. The zero-order chi connectivity index (χ0) is 8.20. The monoisotopic (exact) mass is 180 g/mol. The van der Waals surface area contributed by atoms with Crippen molar-refractivity contribution in [3.05, 3.63) is 0 Å². The Morgan fingerprint density at radius 2 is 1.90 bits per heavy atom. The fourth-order valence-corrected chi connectivity index (χ4v) is 1.66. The number of hydrogen-bond donors (Lipinski definition) is 0. The third kappa shape index (κ3) is 4.36. The van der Waals surface area contributed by atoms with Crippen LogP contribution >= 0.6 is 0 Å². The van der Waals surface area contributed by atoms with Gasteiger partial charge < -0.3 is 4.18 Å². The zero-order valence-corrected chi connectivity index (χ0v) is 8.77. The van der Waals surface area contributed by atoms with Crippen LogP contribution in [-0.2, 0) is 25.1 Å². The molecule has 1 unspecified atom stereocenters. The van der Waals surface area contributed by atoms with Crippen LogP contribution in [0.2, 0.25) is 0 Å². The van der Waals surface area contributed by atoms with Crippen LogP contribution in [0.4, 0.5) is 0 Å². The predicted molar refractivity (Wildman–Crippen MR) is 50.7 cm³/mol. The summed E-state index contributed by atoms with van der Waals surface area (Å²) in [6.07, 6.45) is 1.02. The van der Waals surface area contributed by atoms with Crippen molar-refractivity contribution in [3.8, 4) is 0 Å². The van der Waals surface area contributed by atoms with Gasteiger partial charge in [-0.2, -0.15) is 0 Å². The molecule has 0 saturated heterocycles. The summed E-state index contributed by atoms with van der Waals surface area (Å²) >= 11 is 5.06. The molecular weight excluding hydrogens is 164 g/mol. The Bertz CT molecular complexity index is 121. The molecule has 0 aliphatic carbocycles. The maximum atomic E-state index is 5.58. The minimum absolute atomic E-state index is 0.0269. The smallest absolute Gasteiger partial charge is 0.0773 e. The Balaban J connectivity index is 3.76.